The minimum atomic E-state index is -0.947. The first-order valence-corrected chi connectivity index (χ1v) is 10.9. The Morgan fingerprint density at radius 2 is 1.83 bits per heavy atom. The molecule has 0 bridgehead atoms. The average molecular weight is 408 g/mol. The lowest BCUT2D eigenvalue weighted by Gasteiger charge is -2.36. The van der Waals surface area contributed by atoms with Gasteiger partial charge in [-0.1, -0.05) is 39.0 Å². The van der Waals surface area contributed by atoms with Crippen LogP contribution in [0.15, 0.2) is 0 Å². The molecule has 8 heteroatoms. The summed E-state index contributed by atoms with van der Waals surface area (Å²) in [5.74, 6) is -1.32. The zero-order valence-corrected chi connectivity index (χ0v) is 17.7. The molecule has 29 heavy (non-hydrogen) atoms. The van der Waals surface area contributed by atoms with E-state index < -0.39 is 30.2 Å². The summed E-state index contributed by atoms with van der Waals surface area (Å²) in [5, 5.41) is 2.82. The van der Waals surface area contributed by atoms with Gasteiger partial charge in [0.2, 0.25) is 0 Å². The highest BCUT2D eigenvalue weighted by molar-refractivity contribution is 6.09. The van der Waals surface area contributed by atoms with Crippen LogP contribution in [0.4, 0.5) is 4.79 Å². The van der Waals surface area contributed by atoms with Gasteiger partial charge in [0, 0.05) is 13.1 Å². The Morgan fingerprint density at radius 3 is 2.48 bits per heavy atom. The maximum Gasteiger partial charge on any atom is 0.327 e. The number of nitrogens with zero attached hydrogens (tertiary/aromatic N) is 2. The third-order valence-electron chi connectivity index (χ3n) is 6.91. The third-order valence-corrected chi connectivity index (χ3v) is 6.91. The van der Waals surface area contributed by atoms with Crippen LogP contribution in [0, 0.1) is 5.92 Å². The molecule has 1 spiro atoms. The monoisotopic (exact) mass is 407 g/mol. The van der Waals surface area contributed by atoms with E-state index in [2.05, 4.69) is 5.32 Å². The first-order valence-electron chi connectivity index (χ1n) is 10.9. The third kappa shape index (κ3) is 4.26. The quantitative estimate of drug-likeness (QED) is 0.557. The van der Waals surface area contributed by atoms with Crippen molar-refractivity contribution >= 4 is 23.8 Å². The van der Waals surface area contributed by atoms with Gasteiger partial charge in [0.25, 0.3) is 11.8 Å². The molecule has 0 unspecified atom stereocenters. The Morgan fingerprint density at radius 1 is 1.17 bits per heavy atom. The molecule has 2 saturated carbocycles. The summed E-state index contributed by atoms with van der Waals surface area (Å²) in [4.78, 5) is 52.9. The van der Waals surface area contributed by atoms with E-state index in [1.807, 2.05) is 6.92 Å². The average Bonchev–Trinajstić information content (AvgIpc) is 2.94. The van der Waals surface area contributed by atoms with Crippen molar-refractivity contribution < 1.29 is 23.9 Å². The van der Waals surface area contributed by atoms with Gasteiger partial charge in [-0.3, -0.25) is 19.3 Å². The van der Waals surface area contributed by atoms with Crippen molar-refractivity contribution in [3.05, 3.63) is 0 Å². The highest BCUT2D eigenvalue weighted by Gasteiger charge is 2.55. The summed E-state index contributed by atoms with van der Waals surface area (Å²) in [7, 11) is 1.74. The summed E-state index contributed by atoms with van der Waals surface area (Å²) in [6, 6.07) is -0.380. The maximum absolute atomic E-state index is 12.9. The van der Waals surface area contributed by atoms with Crippen LogP contribution in [0.5, 0.6) is 0 Å². The van der Waals surface area contributed by atoms with Crippen LogP contribution in [-0.4, -0.2) is 64.9 Å². The molecule has 3 atom stereocenters. The van der Waals surface area contributed by atoms with Crippen molar-refractivity contribution in [2.75, 3.05) is 13.6 Å². The van der Waals surface area contributed by atoms with Crippen molar-refractivity contribution in [2.24, 2.45) is 5.92 Å². The van der Waals surface area contributed by atoms with Crippen molar-refractivity contribution in [3.8, 4) is 0 Å². The van der Waals surface area contributed by atoms with Gasteiger partial charge in [-0.15, -0.1) is 0 Å². The molecule has 3 aliphatic rings. The maximum atomic E-state index is 12.9. The summed E-state index contributed by atoms with van der Waals surface area (Å²) in [5.41, 5.74) is -0.905. The SMILES string of the molecule is C[C@H](OC(=O)CN1C(=O)N[C@]2(CCCC[C@H]2C)C1=O)C(=O)N(C)C1CCCCC1. The largest absolute Gasteiger partial charge is 0.451 e. The minimum Gasteiger partial charge on any atom is -0.451 e. The number of carbonyl (C=O) groups excluding carboxylic acids is 4. The molecule has 0 aromatic carbocycles. The molecule has 162 valence electrons. The second kappa shape index (κ2) is 8.71. The van der Waals surface area contributed by atoms with Gasteiger partial charge in [0.1, 0.15) is 12.1 Å². The molecule has 4 amide bonds. The Bertz CT molecular complexity index is 675. The molecular formula is C21H33N3O5. The van der Waals surface area contributed by atoms with E-state index in [4.69, 9.17) is 4.74 Å². The van der Waals surface area contributed by atoms with E-state index in [1.165, 1.54) is 13.3 Å². The lowest BCUT2D eigenvalue weighted by atomic mass is 9.73. The minimum absolute atomic E-state index is 0.0263. The van der Waals surface area contributed by atoms with Crippen LogP contribution in [0.1, 0.15) is 71.6 Å². The lowest BCUT2D eigenvalue weighted by molar-refractivity contribution is -0.161. The van der Waals surface area contributed by atoms with Crippen LogP contribution >= 0.6 is 0 Å². The molecule has 0 aromatic heterocycles. The number of hydrogen-bond acceptors (Lipinski definition) is 5. The summed E-state index contributed by atoms with van der Waals surface area (Å²) in [6.45, 7) is 3.03. The van der Waals surface area contributed by atoms with Crippen molar-refractivity contribution in [1.82, 2.24) is 15.1 Å². The van der Waals surface area contributed by atoms with E-state index in [1.54, 1.807) is 11.9 Å². The molecule has 8 nitrogen and oxygen atoms in total. The van der Waals surface area contributed by atoms with Gasteiger partial charge in [0.05, 0.1) is 0 Å². The smallest absolute Gasteiger partial charge is 0.327 e. The zero-order valence-electron chi connectivity index (χ0n) is 17.7. The van der Waals surface area contributed by atoms with E-state index in [0.717, 1.165) is 49.8 Å². The Labute approximate surface area is 172 Å². The van der Waals surface area contributed by atoms with Crippen molar-refractivity contribution in [3.63, 3.8) is 0 Å². The second-order valence-electron chi connectivity index (χ2n) is 8.81. The Kier molecular flexibility index (Phi) is 6.49. The summed E-state index contributed by atoms with van der Waals surface area (Å²) >= 11 is 0. The number of rotatable bonds is 5. The topological polar surface area (TPSA) is 96.0 Å². The molecule has 0 radical (unpaired) electrons. The zero-order chi connectivity index (χ0) is 21.2. The van der Waals surface area contributed by atoms with E-state index in [-0.39, 0.29) is 23.8 Å². The van der Waals surface area contributed by atoms with Gasteiger partial charge in [-0.2, -0.15) is 0 Å². The highest BCUT2D eigenvalue weighted by Crippen LogP contribution is 2.38. The van der Waals surface area contributed by atoms with Gasteiger partial charge >= 0.3 is 12.0 Å². The van der Waals surface area contributed by atoms with Crippen LogP contribution in [0.2, 0.25) is 0 Å². The van der Waals surface area contributed by atoms with Crippen LogP contribution in [0.25, 0.3) is 0 Å². The number of nitrogens with one attached hydrogen (secondary N) is 1. The van der Waals surface area contributed by atoms with E-state index >= 15 is 0 Å². The fourth-order valence-electron chi connectivity index (χ4n) is 4.99. The molecule has 1 saturated heterocycles. The predicted molar refractivity (Wildman–Crippen MR) is 106 cm³/mol. The fourth-order valence-corrected chi connectivity index (χ4v) is 4.99. The molecule has 2 aliphatic carbocycles. The van der Waals surface area contributed by atoms with E-state index in [0.29, 0.717) is 6.42 Å². The lowest BCUT2D eigenvalue weighted by Crippen LogP contribution is -2.54. The standard InChI is InChI=1S/C21H33N3O5/c1-14-9-7-8-12-21(14)19(27)24(20(28)22-21)13-17(25)29-15(2)18(26)23(3)16-10-5-4-6-11-16/h14-16H,4-13H2,1-3H3,(H,22,28)/t14-,15+,21+/m1/s1. The molecule has 1 aliphatic heterocycles. The predicted octanol–water partition coefficient (Wildman–Crippen LogP) is 2.21. The Balaban J connectivity index is 1.56. The number of amides is 4. The van der Waals surface area contributed by atoms with Gasteiger partial charge in [-0.25, -0.2) is 4.79 Å². The Hall–Kier alpha value is -2.12. The number of carbonyl (C=O) groups is 4. The first kappa shape index (κ1) is 21.6. The molecule has 3 fully saturated rings. The number of hydrogen-bond donors (Lipinski definition) is 1. The van der Waals surface area contributed by atoms with E-state index in [9.17, 15) is 19.2 Å². The van der Waals surface area contributed by atoms with Crippen LogP contribution in [-0.2, 0) is 19.1 Å². The van der Waals surface area contributed by atoms with Crippen molar-refractivity contribution in [2.45, 2.75) is 89.3 Å². The number of esters is 1. The molecule has 0 aromatic rings. The second-order valence-corrected chi connectivity index (χ2v) is 8.81. The first-order chi connectivity index (χ1) is 13.8. The number of imide groups is 1. The highest BCUT2D eigenvalue weighted by atomic mass is 16.5. The van der Waals surface area contributed by atoms with Crippen LogP contribution < -0.4 is 5.32 Å². The normalized spacial score (nSPS) is 28.9. The number of likely N-dealkylation sites (N-methyl/N-ethyl adjacent to an activating group) is 1. The molecule has 3 rings (SSSR count). The molecule has 1 heterocycles. The number of urea groups is 1. The van der Waals surface area contributed by atoms with Crippen molar-refractivity contribution in [1.29, 1.82) is 0 Å². The van der Waals surface area contributed by atoms with Gasteiger partial charge in [-0.05, 0) is 38.5 Å². The van der Waals surface area contributed by atoms with Gasteiger partial charge < -0.3 is 15.0 Å². The molecule has 1 N–H and O–H groups in total. The fraction of sp³-hybridized carbons (Fsp3) is 0.810. The van der Waals surface area contributed by atoms with Gasteiger partial charge in [0.15, 0.2) is 6.10 Å². The molecular weight excluding hydrogens is 374 g/mol. The summed E-state index contributed by atoms with van der Waals surface area (Å²) < 4.78 is 5.28. The summed E-state index contributed by atoms with van der Waals surface area (Å²) in [6.07, 6.45) is 7.72. The number of ether oxygens (including phenoxy) is 1. The van der Waals surface area contributed by atoms with Crippen LogP contribution in [0.3, 0.4) is 0 Å².